The van der Waals surface area contributed by atoms with Crippen LogP contribution in [0.1, 0.15) is 44.6 Å². The van der Waals surface area contributed by atoms with Gasteiger partial charge in [0.1, 0.15) is 0 Å². The first-order valence-electron chi connectivity index (χ1n) is 8.60. The molecule has 2 amide bonds. The Bertz CT molecular complexity index is 557. The molecule has 2 aliphatic rings. The second-order valence-corrected chi connectivity index (χ2v) is 6.72. The van der Waals surface area contributed by atoms with Crippen LogP contribution in [0.25, 0.3) is 0 Å². The summed E-state index contributed by atoms with van der Waals surface area (Å²) in [5.74, 6) is 0.598. The third kappa shape index (κ3) is 3.71. The van der Waals surface area contributed by atoms with E-state index in [0.717, 1.165) is 37.8 Å². The van der Waals surface area contributed by atoms with Crippen molar-refractivity contribution in [1.29, 1.82) is 0 Å². The fourth-order valence-electron chi connectivity index (χ4n) is 3.51. The minimum Gasteiger partial charge on any atom is -0.340 e. The lowest BCUT2D eigenvalue weighted by Crippen LogP contribution is -2.52. The first-order valence-corrected chi connectivity index (χ1v) is 8.60. The fraction of sp³-hybridized carbons (Fsp3) is 0.611. The zero-order chi connectivity index (χ0) is 16.2. The van der Waals surface area contributed by atoms with Gasteiger partial charge in [-0.05, 0) is 37.3 Å². The molecule has 0 aromatic carbocycles. The van der Waals surface area contributed by atoms with Gasteiger partial charge in [-0.25, -0.2) is 0 Å². The maximum atomic E-state index is 12.5. The van der Waals surface area contributed by atoms with Crippen LogP contribution < -0.4 is 0 Å². The number of hydrogen-bond acceptors (Lipinski definition) is 3. The largest absolute Gasteiger partial charge is 0.340 e. The van der Waals surface area contributed by atoms with Crippen LogP contribution in [0.5, 0.6) is 0 Å². The molecule has 1 aliphatic carbocycles. The third-order valence-corrected chi connectivity index (χ3v) is 5.08. The van der Waals surface area contributed by atoms with Gasteiger partial charge in [-0.3, -0.25) is 14.6 Å². The van der Waals surface area contributed by atoms with Gasteiger partial charge in [-0.1, -0.05) is 12.5 Å². The highest BCUT2D eigenvalue weighted by Gasteiger charge is 2.34. The summed E-state index contributed by atoms with van der Waals surface area (Å²) in [4.78, 5) is 32.6. The van der Waals surface area contributed by atoms with Gasteiger partial charge < -0.3 is 9.80 Å². The molecule has 0 N–H and O–H groups in total. The molecule has 2 heterocycles. The standard InChI is InChI=1S/C18H25N3O2/c1-14(22)21(12-15-5-3-9-19-11-15)17-8-4-10-20(13-17)18(23)16-6-2-7-16/h3,5,9,11,16-17H,2,4,6-8,10,12-13H2,1H3. The summed E-state index contributed by atoms with van der Waals surface area (Å²) in [5.41, 5.74) is 1.03. The van der Waals surface area contributed by atoms with Crippen LogP contribution >= 0.6 is 0 Å². The number of piperidine rings is 1. The van der Waals surface area contributed by atoms with Gasteiger partial charge in [-0.2, -0.15) is 0 Å². The van der Waals surface area contributed by atoms with Gasteiger partial charge in [0.05, 0.1) is 0 Å². The predicted molar refractivity (Wildman–Crippen MR) is 87.4 cm³/mol. The maximum absolute atomic E-state index is 12.5. The molecular formula is C18H25N3O2. The zero-order valence-corrected chi connectivity index (χ0v) is 13.8. The Kier molecular flexibility index (Phi) is 4.94. The molecule has 1 aromatic heterocycles. The van der Waals surface area contributed by atoms with E-state index in [1.165, 1.54) is 6.42 Å². The van der Waals surface area contributed by atoms with Gasteiger partial charge in [0.2, 0.25) is 11.8 Å². The average Bonchev–Trinajstić information content (AvgIpc) is 2.52. The van der Waals surface area contributed by atoms with Crippen molar-refractivity contribution in [3.05, 3.63) is 30.1 Å². The summed E-state index contributed by atoms with van der Waals surface area (Å²) in [6.07, 6.45) is 8.72. The van der Waals surface area contributed by atoms with Gasteiger partial charge in [0, 0.05) is 50.9 Å². The number of likely N-dealkylation sites (tertiary alicyclic amines) is 1. The zero-order valence-electron chi connectivity index (χ0n) is 13.8. The number of rotatable bonds is 4. The minimum absolute atomic E-state index is 0.0665. The van der Waals surface area contributed by atoms with Gasteiger partial charge in [0.15, 0.2) is 0 Å². The molecular weight excluding hydrogens is 290 g/mol. The van der Waals surface area contributed by atoms with E-state index in [9.17, 15) is 9.59 Å². The molecule has 5 nitrogen and oxygen atoms in total. The molecule has 0 bridgehead atoms. The third-order valence-electron chi connectivity index (χ3n) is 5.08. The number of nitrogens with zero attached hydrogens (tertiary/aromatic N) is 3. The Morgan fingerprint density at radius 3 is 2.74 bits per heavy atom. The van der Waals surface area contributed by atoms with Crippen molar-refractivity contribution in [2.75, 3.05) is 13.1 Å². The van der Waals surface area contributed by atoms with E-state index in [-0.39, 0.29) is 17.9 Å². The average molecular weight is 315 g/mol. The summed E-state index contributed by atoms with van der Waals surface area (Å²) in [6.45, 7) is 3.70. The lowest BCUT2D eigenvalue weighted by Gasteiger charge is -2.41. The van der Waals surface area contributed by atoms with Crippen LogP contribution in [0.15, 0.2) is 24.5 Å². The van der Waals surface area contributed by atoms with Crippen LogP contribution in [0.3, 0.4) is 0 Å². The van der Waals surface area contributed by atoms with Gasteiger partial charge in [-0.15, -0.1) is 0 Å². The molecule has 3 rings (SSSR count). The smallest absolute Gasteiger partial charge is 0.225 e. The van der Waals surface area contributed by atoms with Crippen molar-refractivity contribution >= 4 is 11.8 Å². The van der Waals surface area contributed by atoms with E-state index in [0.29, 0.717) is 19.0 Å². The number of carbonyl (C=O) groups is 2. The van der Waals surface area contributed by atoms with Crippen LogP contribution in [0, 0.1) is 5.92 Å². The molecule has 1 aliphatic heterocycles. The first kappa shape index (κ1) is 16.0. The number of hydrogen-bond donors (Lipinski definition) is 0. The number of amides is 2. The predicted octanol–water partition coefficient (Wildman–Crippen LogP) is 2.22. The monoisotopic (exact) mass is 315 g/mol. The van der Waals surface area contributed by atoms with Crippen LogP contribution in [0.4, 0.5) is 0 Å². The van der Waals surface area contributed by atoms with E-state index >= 15 is 0 Å². The topological polar surface area (TPSA) is 53.5 Å². The molecule has 1 saturated heterocycles. The Balaban J connectivity index is 1.66. The molecule has 1 aromatic rings. The van der Waals surface area contributed by atoms with E-state index in [1.54, 1.807) is 19.3 Å². The van der Waals surface area contributed by atoms with Crippen molar-refractivity contribution in [2.24, 2.45) is 5.92 Å². The normalized spacial score (nSPS) is 21.6. The van der Waals surface area contributed by atoms with Crippen molar-refractivity contribution in [3.63, 3.8) is 0 Å². The molecule has 23 heavy (non-hydrogen) atoms. The maximum Gasteiger partial charge on any atom is 0.225 e. The molecule has 1 atom stereocenters. The van der Waals surface area contributed by atoms with E-state index in [2.05, 4.69) is 4.98 Å². The van der Waals surface area contributed by atoms with Crippen molar-refractivity contribution < 1.29 is 9.59 Å². The fourth-order valence-corrected chi connectivity index (χ4v) is 3.51. The van der Waals surface area contributed by atoms with Crippen molar-refractivity contribution in [1.82, 2.24) is 14.8 Å². The van der Waals surface area contributed by atoms with E-state index in [1.807, 2.05) is 21.9 Å². The minimum atomic E-state index is 0.0665. The second-order valence-electron chi connectivity index (χ2n) is 6.72. The second kappa shape index (κ2) is 7.11. The SMILES string of the molecule is CC(=O)N(Cc1cccnc1)C1CCCN(C(=O)C2CCC2)C1. The summed E-state index contributed by atoms with van der Waals surface area (Å²) in [6, 6.07) is 4.00. The van der Waals surface area contributed by atoms with Crippen LogP contribution in [-0.2, 0) is 16.1 Å². The highest BCUT2D eigenvalue weighted by atomic mass is 16.2. The summed E-state index contributed by atoms with van der Waals surface area (Å²) >= 11 is 0. The lowest BCUT2D eigenvalue weighted by molar-refractivity contribution is -0.143. The Labute approximate surface area is 137 Å². The Morgan fingerprint density at radius 1 is 1.30 bits per heavy atom. The van der Waals surface area contributed by atoms with Gasteiger partial charge >= 0.3 is 0 Å². The molecule has 5 heteroatoms. The Hall–Kier alpha value is -1.91. The molecule has 2 fully saturated rings. The number of pyridine rings is 1. The quantitative estimate of drug-likeness (QED) is 0.856. The van der Waals surface area contributed by atoms with E-state index in [4.69, 9.17) is 0 Å². The highest BCUT2D eigenvalue weighted by molar-refractivity contribution is 5.80. The number of carbonyl (C=O) groups excluding carboxylic acids is 2. The molecule has 0 radical (unpaired) electrons. The highest BCUT2D eigenvalue weighted by Crippen LogP contribution is 2.30. The summed E-state index contributed by atoms with van der Waals surface area (Å²) in [5, 5.41) is 0. The summed E-state index contributed by atoms with van der Waals surface area (Å²) < 4.78 is 0. The van der Waals surface area contributed by atoms with Crippen molar-refractivity contribution in [3.8, 4) is 0 Å². The Morgan fingerprint density at radius 2 is 2.13 bits per heavy atom. The molecule has 124 valence electrons. The molecule has 1 unspecified atom stereocenters. The van der Waals surface area contributed by atoms with Gasteiger partial charge in [0.25, 0.3) is 0 Å². The number of aromatic nitrogens is 1. The summed E-state index contributed by atoms with van der Waals surface area (Å²) in [7, 11) is 0. The molecule has 0 spiro atoms. The van der Waals surface area contributed by atoms with Crippen LogP contribution in [-0.4, -0.2) is 45.7 Å². The lowest BCUT2D eigenvalue weighted by atomic mass is 9.84. The molecule has 1 saturated carbocycles. The van der Waals surface area contributed by atoms with Crippen molar-refractivity contribution in [2.45, 2.75) is 51.6 Å². The first-order chi connectivity index (χ1) is 11.1. The van der Waals surface area contributed by atoms with E-state index < -0.39 is 0 Å². The van der Waals surface area contributed by atoms with Crippen LogP contribution in [0.2, 0.25) is 0 Å².